The lowest BCUT2D eigenvalue weighted by Gasteiger charge is -2.11. The summed E-state index contributed by atoms with van der Waals surface area (Å²) in [6.45, 7) is 0.350. The predicted molar refractivity (Wildman–Crippen MR) is 66.3 cm³/mol. The molecule has 2 aromatic rings. The molecular weight excluding hydrogens is 228 g/mol. The van der Waals surface area contributed by atoms with Crippen molar-refractivity contribution in [3.8, 4) is 17.6 Å². The third-order valence-corrected chi connectivity index (χ3v) is 2.43. The van der Waals surface area contributed by atoms with E-state index in [2.05, 4.69) is 11.1 Å². The van der Waals surface area contributed by atoms with Gasteiger partial charge in [-0.25, -0.2) is 0 Å². The van der Waals surface area contributed by atoms with E-state index in [9.17, 15) is 0 Å². The summed E-state index contributed by atoms with van der Waals surface area (Å²) in [6, 6.07) is 11.1. The zero-order valence-electron chi connectivity index (χ0n) is 9.96. The normalized spacial score (nSPS) is 9.56. The lowest BCUT2D eigenvalue weighted by atomic mass is 10.2. The molecule has 0 saturated heterocycles. The maximum absolute atomic E-state index is 9.04. The van der Waals surface area contributed by atoms with Crippen LogP contribution in [-0.4, -0.2) is 12.1 Å². The first-order valence-corrected chi connectivity index (χ1v) is 5.44. The van der Waals surface area contributed by atoms with Crippen LogP contribution in [0.3, 0.4) is 0 Å². The molecule has 0 bridgehead atoms. The fourth-order valence-corrected chi connectivity index (χ4v) is 1.55. The average molecular weight is 240 g/mol. The van der Waals surface area contributed by atoms with Crippen LogP contribution in [0.5, 0.6) is 11.5 Å². The van der Waals surface area contributed by atoms with Gasteiger partial charge in [0.2, 0.25) is 0 Å². The van der Waals surface area contributed by atoms with E-state index in [1.54, 1.807) is 37.7 Å². The van der Waals surface area contributed by atoms with Gasteiger partial charge in [0.25, 0.3) is 0 Å². The number of ether oxygens (including phenoxy) is 2. The highest BCUT2D eigenvalue weighted by Gasteiger charge is 2.10. The highest BCUT2D eigenvalue weighted by Crippen LogP contribution is 2.31. The van der Waals surface area contributed by atoms with Crippen molar-refractivity contribution in [3.63, 3.8) is 0 Å². The lowest BCUT2D eigenvalue weighted by molar-refractivity contribution is 0.283. The minimum absolute atomic E-state index is 0.350. The van der Waals surface area contributed by atoms with Crippen LogP contribution in [0.25, 0.3) is 0 Å². The Bertz CT molecular complexity index is 562. The molecule has 18 heavy (non-hydrogen) atoms. The van der Waals surface area contributed by atoms with Gasteiger partial charge in [-0.05, 0) is 18.2 Å². The van der Waals surface area contributed by atoms with Crippen molar-refractivity contribution >= 4 is 0 Å². The molecule has 0 aliphatic rings. The number of hydrogen-bond acceptors (Lipinski definition) is 4. The van der Waals surface area contributed by atoms with Crippen LogP contribution < -0.4 is 9.47 Å². The van der Waals surface area contributed by atoms with Crippen molar-refractivity contribution in [2.24, 2.45) is 0 Å². The number of aromatic nitrogens is 1. The number of benzene rings is 1. The van der Waals surface area contributed by atoms with E-state index in [0.29, 0.717) is 23.7 Å². The summed E-state index contributed by atoms with van der Waals surface area (Å²) >= 11 is 0. The van der Waals surface area contributed by atoms with Gasteiger partial charge in [0.15, 0.2) is 11.5 Å². The van der Waals surface area contributed by atoms with Gasteiger partial charge in [-0.2, -0.15) is 5.26 Å². The summed E-state index contributed by atoms with van der Waals surface area (Å²) in [5.41, 5.74) is 1.39. The Morgan fingerprint density at radius 2 is 2.17 bits per heavy atom. The second kappa shape index (κ2) is 5.69. The van der Waals surface area contributed by atoms with Gasteiger partial charge in [-0.3, -0.25) is 4.98 Å². The molecular formula is C14H12N2O2. The number of pyridine rings is 1. The van der Waals surface area contributed by atoms with Crippen molar-refractivity contribution in [3.05, 3.63) is 53.9 Å². The van der Waals surface area contributed by atoms with Crippen LogP contribution in [0.15, 0.2) is 42.7 Å². The summed E-state index contributed by atoms with van der Waals surface area (Å²) in [7, 11) is 1.55. The molecule has 4 nitrogen and oxygen atoms in total. The molecule has 0 fully saturated rings. The molecule has 0 atom stereocenters. The maximum atomic E-state index is 9.04. The Labute approximate surface area is 105 Å². The first kappa shape index (κ1) is 11.9. The highest BCUT2D eigenvalue weighted by atomic mass is 16.5. The van der Waals surface area contributed by atoms with Gasteiger partial charge in [0.05, 0.1) is 12.7 Å². The fourth-order valence-electron chi connectivity index (χ4n) is 1.55. The zero-order chi connectivity index (χ0) is 12.8. The third kappa shape index (κ3) is 2.58. The SMILES string of the molecule is COc1cccc(C#N)c1OCc1cccnc1. The molecule has 0 spiro atoms. The molecule has 0 amide bonds. The van der Waals surface area contributed by atoms with Gasteiger partial charge in [0, 0.05) is 18.0 Å². The highest BCUT2D eigenvalue weighted by molar-refractivity contribution is 5.52. The predicted octanol–water partition coefficient (Wildman–Crippen LogP) is 2.54. The Morgan fingerprint density at radius 3 is 2.83 bits per heavy atom. The zero-order valence-corrected chi connectivity index (χ0v) is 9.96. The number of nitriles is 1. The van der Waals surface area contributed by atoms with E-state index < -0.39 is 0 Å². The van der Waals surface area contributed by atoms with Crippen LogP contribution in [0, 0.1) is 11.3 Å². The second-order valence-electron chi connectivity index (χ2n) is 3.60. The molecule has 1 aromatic carbocycles. The van der Waals surface area contributed by atoms with E-state index in [1.165, 1.54) is 0 Å². The molecule has 0 radical (unpaired) electrons. The summed E-state index contributed by atoms with van der Waals surface area (Å²) in [5, 5.41) is 9.04. The quantitative estimate of drug-likeness (QED) is 0.824. The summed E-state index contributed by atoms with van der Waals surface area (Å²) in [6.07, 6.45) is 3.43. The van der Waals surface area contributed by atoms with Crippen molar-refractivity contribution in [2.75, 3.05) is 7.11 Å². The fraction of sp³-hybridized carbons (Fsp3) is 0.143. The van der Waals surface area contributed by atoms with Crippen LogP contribution in [-0.2, 0) is 6.61 Å². The number of para-hydroxylation sites is 1. The van der Waals surface area contributed by atoms with Crippen LogP contribution >= 0.6 is 0 Å². The first-order valence-electron chi connectivity index (χ1n) is 5.44. The Hall–Kier alpha value is -2.54. The first-order chi connectivity index (χ1) is 8.85. The average Bonchev–Trinajstić information content (AvgIpc) is 2.45. The minimum Gasteiger partial charge on any atom is -0.493 e. The maximum Gasteiger partial charge on any atom is 0.179 e. The Kier molecular flexibility index (Phi) is 3.77. The van der Waals surface area contributed by atoms with Crippen LogP contribution in [0.2, 0.25) is 0 Å². The molecule has 0 aliphatic heterocycles. The van der Waals surface area contributed by atoms with Gasteiger partial charge in [-0.15, -0.1) is 0 Å². The van der Waals surface area contributed by atoms with Crippen LogP contribution in [0.4, 0.5) is 0 Å². The third-order valence-electron chi connectivity index (χ3n) is 2.43. The number of hydrogen-bond donors (Lipinski definition) is 0. The van der Waals surface area contributed by atoms with Crippen molar-refractivity contribution in [1.29, 1.82) is 5.26 Å². The summed E-state index contributed by atoms with van der Waals surface area (Å²) in [4.78, 5) is 4.01. The van der Waals surface area contributed by atoms with Crippen molar-refractivity contribution < 1.29 is 9.47 Å². The van der Waals surface area contributed by atoms with E-state index >= 15 is 0 Å². The second-order valence-corrected chi connectivity index (χ2v) is 3.60. The summed E-state index contributed by atoms with van der Waals surface area (Å²) < 4.78 is 10.8. The number of rotatable bonds is 4. The summed E-state index contributed by atoms with van der Waals surface area (Å²) in [5.74, 6) is 1.02. The lowest BCUT2D eigenvalue weighted by Crippen LogP contribution is -2.00. The molecule has 0 saturated carbocycles. The van der Waals surface area contributed by atoms with Crippen LogP contribution in [0.1, 0.15) is 11.1 Å². The van der Waals surface area contributed by atoms with Gasteiger partial charge < -0.3 is 9.47 Å². The molecule has 0 N–H and O–H groups in total. The number of methoxy groups -OCH3 is 1. The van der Waals surface area contributed by atoms with E-state index in [-0.39, 0.29) is 0 Å². The molecule has 1 aromatic heterocycles. The minimum atomic E-state index is 0.350. The molecule has 0 unspecified atom stereocenters. The van der Waals surface area contributed by atoms with Gasteiger partial charge in [0.1, 0.15) is 12.7 Å². The monoisotopic (exact) mass is 240 g/mol. The van der Waals surface area contributed by atoms with Gasteiger partial charge >= 0.3 is 0 Å². The standard InChI is InChI=1S/C14H12N2O2/c1-17-13-6-2-5-12(8-15)14(13)18-10-11-4-3-7-16-9-11/h2-7,9H,10H2,1H3. The molecule has 1 heterocycles. The largest absolute Gasteiger partial charge is 0.493 e. The van der Waals surface area contributed by atoms with E-state index in [4.69, 9.17) is 14.7 Å². The Balaban J connectivity index is 2.21. The number of nitrogens with zero attached hydrogens (tertiary/aromatic N) is 2. The van der Waals surface area contributed by atoms with Crippen molar-refractivity contribution in [2.45, 2.75) is 6.61 Å². The molecule has 90 valence electrons. The van der Waals surface area contributed by atoms with E-state index in [0.717, 1.165) is 5.56 Å². The smallest absolute Gasteiger partial charge is 0.179 e. The molecule has 0 aliphatic carbocycles. The van der Waals surface area contributed by atoms with Crippen molar-refractivity contribution in [1.82, 2.24) is 4.98 Å². The molecule has 2 rings (SSSR count). The Morgan fingerprint density at radius 1 is 1.28 bits per heavy atom. The van der Waals surface area contributed by atoms with E-state index in [1.807, 2.05) is 12.1 Å². The molecule has 4 heteroatoms. The topological polar surface area (TPSA) is 55.1 Å². The van der Waals surface area contributed by atoms with Gasteiger partial charge in [-0.1, -0.05) is 12.1 Å².